The fraction of sp³-hybridized carbons (Fsp3) is 0.0909. The standard InChI is InChI=1S/C33H27N/c1-33(2)30-21-25(23-11-5-3-6-12-23)17-19-28(30)29-20-18-26(22-31(29)33)34-32-16-10-9-15-27(32)24-13-7-4-8-14-24/h3-22,34H,1-2H3. The molecule has 0 bridgehead atoms. The zero-order valence-electron chi connectivity index (χ0n) is 19.5. The molecule has 0 saturated carbocycles. The summed E-state index contributed by atoms with van der Waals surface area (Å²) in [4.78, 5) is 0. The van der Waals surface area contributed by atoms with Crippen LogP contribution in [0.1, 0.15) is 25.0 Å². The third kappa shape index (κ3) is 3.41. The van der Waals surface area contributed by atoms with Gasteiger partial charge in [-0.25, -0.2) is 0 Å². The van der Waals surface area contributed by atoms with E-state index in [0.717, 1.165) is 11.4 Å². The van der Waals surface area contributed by atoms with Gasteiger partial charge in [0.25, 0.3) is 0 Å². The summed E-state index contributed by atoms with van der Waals surface area (Å²) < 4.78 is 0. The number of fused-ring (bicyclic) bond motifs is 3. The molecule has 5 aromatic carbocycles. The minimum Gasteiger partial charge on any atom is -0.355 e. The van der Waals surface area contributed by atoms with Crippen LogP contribution in [0.5, 0.6) is 0 Å². The lowest BCUT2D eigenvalue weighted by Gasteiger charge is -2.23. The van der Waals surface area contributed by atoms with Gasteiger partial charge in [-0.3, -0.25) is 0 Å². The van der Waals surface area contributed by atoms with Gasteiger partial charge in [-0.1, -0.05) is 111 Å². The molecule has 1 nitrogen and oxygen atoms in total. The molecule has 0 saturated heterocycles. The summed E-state index contributed by atoms with van der Waals surface area (Å²) in [5.41, 5.74) is 12.6. The van der Waals surface area contributed by atoms with Gasteiger partial charge in [0, 0.05) is 22.4 Å². The van der Waals surface area contributed by atoms with Gasteiger partial charge in [-0.15, -0.1) is 0 Å². The van der Waals surface area contributed by atoms with Crippen molar-refractivity contribution in [1.29, 1.82) is 0 Å². The second-order valence-electron chi connectivity index (χ2n) is 9.55. The summed E-state index contributed by atoms with van der Waals surface area (Å²) in [6, 6.07) is 43.5. The molecule has 0 unspecified atom stereocenters. The van der Waals surface area contributed by atoms with Crippen molar-refractivity contribution < 1.29 is 0 Å². The van der Waals surface area contributed by atoms with Crippen molar-refractivity contribution in [2.45, 2.75) is 19.3 Å². The quantitative estimate of drug-likeness (QED) is 0.296. The Morgan fingerprint density at radius 1 is 0.471 bits per heavy atom. The zero-order valence-corrected chi connectivity index (χ0v) is 19.5. The maximum atomic E-state index is 3.70. The first-order valence-electron chi connectivity index (χ1n) is 11.9. The molecule has 1 heteroatoms. The van der Waals surface area contributed by atoms with Gasteiger partial charge < -0.3 is 5.32 Å². The van der Waals surface area contributed by atoms with Crippen LogP contribution in [-0.4, -0.2) is 0 Å². The molecule has 0 heterocycles. The largest absolute Gasteiger partial charge is 0.355 e. The number of para-hydroxylation sites is 1. The summed E-state index contributed by atoms with van der Waals surface area (Å²) in [5, 5.41) is 3.70. The smallest absolute Gasteiger partial charge is 0.0463 e. The number of benzene rings is 5. The first-order chi connectivity index (χ1) is 16.6. The average molecular weight is 438 g/mol. The van der Waals surface area contributed by atoms with Gasteiger partial charge in [0.05, 0.1) is 0 Å². The van der Waals surface area contributed by atoms with Crippen molar-refractivity contribution in [3.63, 3.8) is 0 Å². The fourth-order valence-corrected chi connectivity index (χ4v) is 5.24. The predicted molar refractivity (Wildman–Crippen MR) is 145 cm³/mol. The SMILES string of the molecule is CC1(C)c2cc(Nc3ccccc3-c3ccccc3)ccc2-c2ccc(-c3ccccc3)cc21. The zero-order chi connectivity index (χ0) is 23.1. The van der Waals surface area contributed by atoms with E-state index >= 15 is 0 Å². The van der Waals surface area contributed by atoms with Crippen LogP contribution >= 0.6 is 0 Å². The molecule has 0 fully saturated rings. The van der Waals surface area contributed by atoms with E-state index in [9.17, 15) is 0 Å². The predicted octanol–water partition coefficient (Wildman–Crippen LogP) is 9.07. The lowest BCUT2D eigenvalue weighted by Crippen LogP contribution is -2.15. The van der Waals surface area contributed by atoms with Crippen LogP contribution in [0.2, 0.25) is 0 Å². The van der Waals surface area contributed by atoms with E-state index in [1.54, 1.807) is 0 Å². The number of rotatable bonds is 4. The molecule has 0 atom stereocenters. The van der Waals surface area contributed by atoms with E-state index < -0.39 is 0 Å². The molecular weight excluding hydrogens is 410 g/mol. The summed E-state index contributed by atoms with van der Waals surface area (Å²) >= 11 is 0. The van der Waals surface area contributed by atoms with Gasteiger partial charge >= 0.3 is 0 Å². The highest BCUT2D eigenvalue weighted by atomic mass is 14.9. The molecule has 0 aliphatic heterocycles. The van der Waals surface area contributed by atoms with Crippen molar-refractivity contribution in [2.75, 3.05) is 5.32 Å². The lowest BCUT2D eigenvalue weighted by atomic mass is 9.81. The van der Waals surface area contributed by atoms with Gasteiger partial charge in [-0.2, -0.15) is 0 Å². The summed E-state index contributed by atoms with van der Waals surface area (Å²) in [5.74, 6) is 0. The highest BCUT2D eigenvalue weighted by Crippen LogP contribution is 2.50. The van der Waals surface area contributed by atoms with E-state index in [1.165, 1.54) is 44.5 Å². The highest BCUT2D eigenvalue weighted by molar-refractivity contribution is 5.86. The molecular formula is C33H27N. The van der Waals surface area contributed by atoms with Crippen LogP contribution in [0.15, 0.2) is 121 Å². The van der Waals surface area contributed by atoms with Crippen LogP contribution in [0, 0.1) is 0 Å². The molecule has 6 rings (SSSR count). The number of anilines is 2. The third-order valence-corrected chi connectivity index (χ3v) is 7.07. The topological polar surface area (TPSA) is 12.0 Å². The molecule has 0 amide bonds. The van der Waals surface area contributed by atoms with Gasteiger partial charge in [-0.05, 0) is 63.2 Å². The van der Waals surface area contributed by atoms with Crippen LogP contribution in [0.4, 0.5) is 11.4 Å². The fourth-order valence-electron chi connectivity index (χ4n) is 5.24. The van der Waals surface area contributed by atoms with Crippen molar-refractivity contribution >= 4 is 11.4 Å². The Bertz CT molecular complexity index is 1480. The molecule has 5 aromatic rings. The molecule has 164 valence electrons. The molecule has 0 aromatic heterocycles. The lowest BCUT2D eigenvalue weighted by molar-refractivity contribution is 0.661. The van der Waals surface area contributed by atoms with E-state index in [1.807, 2.05) is 0 Å². The average Bonchev–Trinajstić information content (AvgIpc) is 3.11. The summed E-state index contributed by atoms with van der Waals surface area (Å²) in [7, 11) is 0. The molecule has 1 N–H and O–H groups in total. The minimum atomic E-state index is -0.0634. The molecule has 34 heavy (non-hydrogen) atoms. The molecule has 1 aliphatic carbocycles. The second kappa shape index (κ2) is 8.04. The van der Waals surface area contributed by atoms with Gasteiger partial charge in [0.15, 0.2) is 0 Å². The highest BCUT2D eigenvalue weighted by Gasteiger charge is 2.35. The molecule has 0 spiro atoms. The molecule has 0 radical (unpaired) electrons. The van der Waals surface area contributed by atoms with Crippen molar-refractivity contribution in [3.8, 4) is 33.4 Å². The Balaban J connectivity index is 1.38. The van der Waals surface area contributed by atoms with E-state index in [0.29, 0.717) is 0 Å². The molecule has 1 aliphatic rings. The first kappa shape index (κ1) is 20.5. The van der Waals surface area contributed by atoms with Crippen molar-refractivity contribution in [3.05, 3.63) is 132 Å². The Morgan fingerprint density at radius 3 is 1.79 bits per heavy atom. The van der Waals surface area contributed by atoms with Crippen molar-refractivity contribution in [2.24, 2.45) is 0 Å². The van der Waals surface area contributed by atoms with Crippen LogP contribution in [-0.2, 0) is 5.41 Å². The Hall–Kier alpha value is -4.10. The van der Waals surface area contributed by atoms with Crippen molar-refractivity contribution in [1.82, 2.24) is 0 Å². The van der Waals surface area contributed by atoms with Gasteiger partial charge in [0.2, 0.25) is 0 Å². The third-order valence-electron chi connectivity index (χ3n) is 7.07. The van der Waals surface area contributed by atoms with Crippen LogP contribution in [0.25, 0.3) is 33.4 Å². The normalized spacial score (nSPS) is 13.2. The van der Waals surface area contributed by atoms with Gasteiger partial charge in [0.1, 0.15) is 0 Å². The Kier molecular flexibility index (Phi) is 4.85. The Morgan fingerprint density at radius 2 is 1.06 bits per heavy atom. The van der Waals surface area contributed by atoms with Crippen LogP contribution < -0.4 is 5.32 Å². The monoisotopic (exact) mass is 437 g/mol. The Labute approximate surface area is 201 Å². The number of nitrogens with one attached hydrogen (secondary N) is 1. The number of hydrogen-bond donors (Lipinski definition) is 1. The van der Waals surface area contributed by atoms with E-state index in [-0.39, 0.29) is 5.41 Å². The summed E-state index contributed by atoms with van der Waals surface area (Å²) in [6.45, 7) is 4.68. The van der Waals surface area contributed by atoms with Crippen LogP contribution in [0.3, 0.4) is 0 Å². The number of hydrogen-bond acceptors (Lipinski definition) is 1. The second-order valence-corrected chi connectivity index (χ2v) is 9.55. The maximum Gasteiger partial charge on any atom is 0.0463 e. The van der Waals surface area contributed by atoms with E-state index in [2.05, 4.69) is 140 Å². The van der Waals surface area contributed by atoms with E-state index in [4.69, 9.17) is 0 Å². The first-order valence-corrected chi connectivity index (χ1v) is 11.9. The maximum absolute atomic E-state index is 3.70. The minimum absolute atomic E-state index is 0.0634. The summed E-state index contributed by atoms with van der Waals surface area (Å²) in [6.07, 6.45) is 0.